The number of alkyl halides is 3. The minimum atomic E-state index is -4.63. The van der Waals surface area contributed by atoms with E-state index in [4.69, 9.17) is 11.5 Å². The van der Waals surface area contributed by atoms with Gasteiger partial charge in [-0.15, -0.1) is 0 Å². The highest BCUT2D eigenvalue weighted by molar-refractivity contribution is 6.02. The summed E-state index contributed by atoms with van der Waals surface area (Å²) in [6.07, 6.45) is -0.392. The number of amides is 1. The first-order valence-corrected chi connectivity index (χ1v) is 5.68. The summed E-state index contributed by atoms with van der Waals surface area (Å²) in [5.74, 6) is -1.45. The highest BCUT2D eigenvalue weighted by Crippen LogP contribution is 2.33. The summed E-state index contributed by atoms with van der Waals surface area (Å²) in [5, 5.41) is 0. The Kier molecular flexibility index (Phi) is 3.66. The fraction of sp³-hybridized carbons (Fsp3) is 0.0833. The molecule has 0 spiro atoms. The summed E-state index contributed by atoms with van der Waals surface area (Å²) in [7, 11) is 0. The van der Waals surface area contributed by atoms with E-state index >= 15 is 0 Å². The van der Waals surface area contributed by atoms with Gasteiger partial charge in [-0.2, -0.15) is 18.2 Å². The number of imidazole rings is 1. The Balaban J connectivity index is 2.56. The number of nitrogens with zero attached hydrogens (tertiary/aromatic N) is 2. The van der Waals surface area contributed by atoms with Crippen LogP contribution >= 0.6 is 0 Å². The van der Waals surface area contributed by atoms with Crippen molar-refractivity contribution >= 4 is 11.9 Å². The standard InChI is InChI=1S/C12H10F3N5O/c13-12(14,15)8-5-7(10(21)19-11(16)17)1-2-9(8)20-4-3-18-6-20/h1-6H,(H4,16,17,19,21)/p+1. The molecule has 2 rings (SSSR count). The highest BCUT2D eigenvalue weighted by Gasteiger charge is 2.36. The molecule has 6 nitrogen and oxygen atoms in total. The summed E-state index contributed by atoms with van der Waals surface area (Å²) in [6, 6.07) is 3.11. The first-order chi connectivity index (χ1) is 9.79. The fourth-order valence-electron chi connectivity index (χ4n) is 1.74. The number of carbonyl (C=O) groups excluding carboxylic acids is 1. The molecule has 0 aliphatic heterocycles. The Labute approximate surface area is 116 Å². The van der Waals surface area contributed by atoms with Gasteiger partial charge in [-0.05, 0) is 18.2 Å². The smallest absolute Gasteiger partial charge is 0.370 e. The third-order valence-electron chi connectivity index (χ3n) is 2.60. The number of halogens is 3. The first kappa shape index (κ1) is 14.6. The molecule has 0 unspecified atom stereocenters. The van der Waals surface area contributed by atoms with E-state index in [1.165, 1.54) is 35.4 Å². The topological polar surface area (TPSA) is 101 Å². The zero-order valence-electron chi connectivity index (χ0n) is 10.6. The number of aromatic nitrogens is 2. The molecule has 0 atom stereocenters. The number of nitrogens with two attached hydrogens (primary N) is 2. The second kappa shape index (κ2) is 5.27. The molecular weight excluding hydrogens is 287 g/mol. The number of carbonyl (C=O) groups is 1. The predicted octanol–water partition coefficient (Wildman–Crippen LogP) is 0.724. The van der Waals surface area contributed by atoms with Gasteiger partial charge in [0, 0.05) is 5.56 Å². The molecule has 0 fully saturated rings. The average molecular weight is 298 g/mol. The van der Waals surface area contributed by atoms with Crippen molar-refractivity contribution in [1.82, 2.24) is 4.98 Å². The van der Waals surface area contributed by atoms with E-state index in [-0.39, 0.29) is 11.3 Å². The predicted molar refractivity (Wildman–Crippen MR) is 67.5 cm³/mol. The molecule has 0 aliphatic carbocycles. The Hall–Kier alpha value is -2.84. The van der Waals surface area contributed by atoms with Gasteiger partial charge in [0.1, 0.15) is 23.6 Å². The van der Waals surface area contributed by atoms with E-state index in [1.54, 1.807) is 0 Å². The molecule has 0 saturated carbocycles. The van der Waals surface area contributed by atoms with E-state index in [0.29, 0.717) is 6.07 Å². The lowest BCUT2D eigenvalue weighted by Gasteiger charge is -2.11. The molecule has 110 valence electrons. The van der Waals surface area contributed by atoms with Crippen molar-refractivity contribution in [2.75, 3.05) is 0 Å². The van der Waals surface area contributed by atoms with Crippen molar-refractivity contribution in [1.29, 1.82) is 0 Å². The normalized spacial score (nSPS) is 11.2. The molecule has 9 heteroatoms. The van der Waals surface area contributed by atoms with Crippen LogP contribution in [0.4, 0.5) is 13.2 Å². The quantitative estimate of drug-likeness (QED) is 0.432. The van der Waals surface area contributed by atoms with Gasteiger partial charge in [0.05, 0.1) is 0 Å². The summed E-state index contributed by atoms with van der Waals surface area (Å²) < 4.78 is 40.6. The molecular formula is C12H11F3N5O+. The second-order valence-corrected chi connectivity index (χ2v) is 4.09. The van der Waals surface area contributed by atoms with Crippen LogP contribution in [0, 0.1) is 0 Å². The third-order valence-corrected chi connectivity index (χ3v) is 2.60. The van der Waals surface area contributed by atoms with Crippen LogP contribution in [0.3, 0.4) is 0 Å². The van der Waals surface area contributed by atoms with E-state index in [2.05, 4.69) is 9.98 Å². The van der Waals surface area contributed by atoms with Crippen LogP contribution in [0.25, 0.3) is 5.69 Å². The van der Waals surface area contributed by atoms with Crippen molar-refractivity contribution in [2.24, 2.45) is 16.5 Å². The SMILES string of the molecule is NC(N)=NC(=O)c1ccc(-[n+]2cc[nH]c2)c(C(F)(F)F)c1. The molecule has 0 aliphatic rings. The van der Waals surface area contributed by atoms with Crippen LogP contribution < -0.4 is 16.0 Å². The van der Waals surface area contributed by atoms with Crippen LogP contribution in [0.5, 0.6) is 0 Å². The van der Waals surface area contributed by atoms with E-state index in [1.807, 2.05) is 0 Å². The number of aromatic amines is 1. The molecule has 0 saturated heterocycles. The van der Waals surface area contributed by atoms with Crippen LogP contribution in [-0.4, -0.2) is 16.9 Å². The molecule has 21 heavy (non-hydrogen) atoms. The monoisotopic (exact) mass is 298 g/mol. The first-order valence-electron chi connectivity index (χ1n) is 5.68. The van der Waals surface area contributed by atoms with Crippen LogP contribution in [0.2, 0.25) is 0 Å². The number of nitrogens with one attached hydrogen (secondary N) is 1. The maximum Gasteiger partial charge on any atom is 0.420 e. The lowest BCUT2D eigenvalue weighted by molar-refractivity contribution is -0.595. The van der Waals surface area contributed by atoms with Gasteiger partial charge in [0.2, 0.25) is 6.33 Å². The number of aliphatic imine (C=N–C) groups is 1. The average Bonchev–Trinajstić information content (AvgIpc) is 2.89. The fourth-order valence-corrected chi connectivity index (χ4v) is 1.74. The van der Waals surface area contributed by atoms with Crippen LogP contribution in [-0.2, 0) is 6.18 Å². The number of hydrogen-bond donors (Lipinski definition) is 3. The Morgan fingerprint density at radius 1 is 1.29 bits per heavy atom. The van der Waals surface area contributed by atoms with Crippen LogP contribution in [0.15, 0.2) is 41.9 Å². The number of benzene rings is 1. The van der Waals surface area contributed by atoms with Crippen molar-refractivity contribution in [3.8, 4) is 5.69 Å². The molecule has 1 heterocycles. The molecule has 0 bridgehead atoms. The maximum absolute atomic E-state index is 13.1. The minimum Gasteiger partial charge on any atom is -0.370 e. The van der Waals surface area contributed by atoms with Crippen molar-refractivity contribution < 1.29 is 22.5 Å². The summed E-state index contributed by atoms with van der Waals surface area (Å²) >= 11 is 0. The van der Waals surface area contributed by atoms with Crippen molar-refractivity contribution in [3.63, 3.8) is 0 Å². The van der Waals surface area contributed by atoms with Gasteiger partial charge in [-0.3, -0.25) is 4.79 Å². The summed E-state index contributed by atoms with van der Waals surface area (Å²) in [5.41, 5.74) is 8.73. The largest absolute Gasteiger partial charge is 0.420 e. The van der Waals surface area contributed by atoms with Gasteiger partial charge in [0.15, 0.2) is 5.96 Å². The van der Waals surface area contributed by atoms with Crippen molar-refractivity contribution in [3.05, 3.63) is 48.0 Å². The maximum atomic E-state index is 13.1. The van der Waals surface area contributed by atoms with Gasteiger partial charge >= 0.3 is 6.18 Å². The number of hydrogen-bond acceptors (Lipinski definition) is 1. The summed E-state index contributed by atoms with van der Waals surface area (Å²) in [4.78, 5) is 17.5. The number of H-pyrrole nitrogens is 1. The molecule has 2 aromatic rings. The molecule has 5 N–H and O–H groups in total. The third kappa shape index (κ3) is 3.19. The van der Waals surface area contributed by atoms with Gasteiger partial charge in [0.25, 0.3) is 5.91 Å². The zero-order chi connectivity index (χ0) is 15.6. The molecule has 1 amide bonds. The van der Waals surface area contributed by atoms with E-state index in [0.717, 1.165) is 0 Å². The zero-order valence-corrected chi connectivity index (χ0v) is 10.6. The summed E-state index contributed by atoms with van der Waals surface area (Å²) in [6.45, 7) is 0. The van der Waals surface area contributed by atoms with E-state index in [9.17, 15) is 18.0 Å². The Morgan fingerprint density at radius 2 is 2.00 bits per heavy atom. The minimum absolute atomic E-state index is 0.120. The van der Waals surface area contributed by atoms with Gasteiger partial charge < -0.3 is 11.5 Å². The molecule has 1 aromatic carbocycles. The van der Waals surface area contributed by atoms with Gasteiger partial charge in [-0.1, -0.05) is 0 Å². The molecule has 1 aromatic heterocycles. The Morgan fingerprint density at radius 3 is 2.52 bits per heavy atom. The highest BCUT2D eigenvalue weighted by atomic mass is 19.4. The second-order valence-electron chi connectivity index (χ2n) is 4.09. The lowest BCUT2D eigenvalue weighted by Crippen LogP contribution is -2.31. The van der Waals surface area contributed by atoms with Crippen LogP contribution in [0.1, 0.15) is 15.9 Å². The Bertz CT molecular complexity index is 687. The number of rotatable bonds is 2. The molecule has 0 radical (unpaired) electrons. The van der Waals surface area contributed by atoms with Gasteiger partial charge in [-0.25, -0.2) is 9.55 Å². The number of guanidine groups is 1. The van der Waals surface area contributed by atoms with Crippen molar-refractivity contribution in [2.45, 2.75) is 6.18 Å². The lowest BCUT2D eigenvalue weighted by atomic mass is 10.1. The van der Waals surface area contributed by atoms with E-state index < -0.39 is 23.6 Å².